The van der Waals surface area contributed by atoms with E-state index in [1.54, 1.807) is 0 Å². The van der Waals surface area contributed by atoms with Gasteiger partial charge in [0.05, 0.1) is 6.10 Å². The molecule has 1 N–H and O–H groups in total. The Morgan fingerprint density at radius 1 is 1.38 bits per heavy atom. The van der Waals surface area contributed by atoms with Gasteiger partial charge in [0.2, 0.25) is 0 Å². The Morgan fingerprint density at radius 2 is 2.00 bits per heavy atom. The standard InChI is InChI=1S/C10H22N2O/c1-8(2)5-12-6-9(11(3)4)10(13)7-12/h8-10,13H,5-7H2,1-4H3/t9-,10-/m0/s1. The lowest BCUT2D eigenvalue weighted by molar-refractivity contribution is 0.112. The molecule has 3 nitrogen and oxygen atoms in total. The fraction of sp³-hybridized carbons (Fsp3) is 1.00. The van der Waals surface area contributed by atoms with Crippen LogP contribution in [0.3, 0.4) is 0 Å². The van der Waals surface area contributed by atoms with Gasteiger partial charge in [0.1, 0.15) is 0 Å². The van der Waals surface area contributed by atoms with Crippen LogP contribution in [0.5, 0.6) is 0 Å². The van der Waals surface area contributed by atoms with Crippen LogP contribution in [-0.2, 0) is 0 Å². The molecule has 0 aromatic carbocycles. The molecule has 0 aliphatic carbocycles. The van der Waals surface area contributed by atoms with Gasteiger partial charge in [-0.05, 0) is 20.0 Å². The van der Waals surface area contributed by atoms with Crippen molar-refractivity contribution in [2.45, 2.75) is 26.0 Å². The summed E-state index contributed by atoms with van der Waals surface area (Å²) in [6, 6.07) is 0.318. The molecule has 2 atom stereocenters. The van der Waals surface area contributed by atoms with E-state index in [0.717, 1.165) is 19.6 Å². The van der Waals surface area contributed by atoms with Crippen molar-refractivity contribution in [3.8, 4) is 0 Å². The summed E-state index contributed by atoms with van der Waals surface area (Å²) in [7, 11) is 4.07. The number of hydrogen-bond acceptors (Lipinski definition) is 3. The fourth-order valence-corrected chi connectivity index (χ4v) is 2.02. The Kier molecular flexibility index (Phi) is 3.71. The van der Waals surface area contributed by atoms with Gasteiger partial charge < -0.3 is 10.0 Å². The van der Waals surface area contributed by atoms with Crippen LogP contribution in [0.2, 0.25) is 0 Å². The minimum absolute atomic E-state index is 0.172. The first-order chi connectivity index (χ1) is 6.00. The molecule has 1 heterocycles. The number of aliphatic hydroxyl groups is 1. The molecular weight excluding hydrogens is 164 g/mol. The summed E-state index contributed by atoms with van der Waals surface area (Å²) in [5.74, 6) is 0.688. The number of likely N-dealkylation sites (N-methyl/N-ethyl adjacent to an activating group) is 1. The van der Waals surface area contributed by atoms with Crippen LogP contribution in [-0.4, -0.2) is 60.8 Å². The van der Waals surface area contributed by atoms with Crippen molar-refractivity contribution < 1.29 is 5.11 Å². The maximum atomic E-state index is 9.76. The highest BCUT2D eigenvalue weighted by Gasteiger charge is 2.32. The molecule has 13 heavy (non-hydrogen) atoms. The Labute approximate surface area is 81.3 Å². The first-order valence-corrected chi connectivity index (χ1v) is 5.07. The highest BCUT2D eigenvalue weighted by atomic mass is 16.3. The van der Waals surface area contributed by atoms with E-state index < -0.39 is 0 Å². The number of β-amino-alcohol motifs (C(OH)–C–C–N with tert-alkyl or cyclic N) is 1. The summed E-state index contributed by atoms with van der Waals surface area (Å²) in [5.41, 5.74) is 0. The highest BCUT2D eigenvalue weighted by Crippen LogP contribution is 2.15. The molecule has 1 rings (SSSR count). The van der Waals surface area contributed by atoms with Gasteiger partial charge in [-0.25, -0.2) is 0 Å². The van der Waals surface area contributed by atoms with E-state index in [0.29, 0.717) is 12.0 Å². The number of rotatable bonds is 3. The van der Waals surface area contributed by atoms with Gasteiger partial charge in [-0.15, -0.1) is 0 Å². The second-order valence-corrected chi connectivity index (χ2v) is 4.71. The average molecular weight is 186 g/mol. The molecule has 1 aliphatic heterocycles. The van der Waals surface area contributed by atoms with Gasteiger partial charge in [-0.2, -0.15) is 0 Å². The van der Waals surface area contributed by atoms with Crippen molar-refractivity contribution in [2.24, 2.45) is 5.92 Å². The minimum atomic E-state index is -0.172. The van der Waals surface area contributed by atoms with Crippen molar-refractivity contribution in [3.63, 3.8) is 0 Å². The van der Waals surface area contributed by atoms with E-state index in [4.69, 9.17) is 0 Å². The lowest BCUT2D eigenvalue weighted by Crippen LogP contribution is -2.38. The van der Waals surface area contributed by atoms with E-state index >= 15 is 0 Å². The number of likely N-dealkylation sites (tertiary alicyclic amines) is 1. The summed E-state index contributed by atoms with van der Waals surface area (Å²) < 4.78 is 0. The van der Waals surface area contributed by atoms with Gasteiger partial charge in [0, 0.05) is 25.7 Å². The lowest BCUT2D eigenvalue weighted by atomic mass is 10.2. The first kappa shape index (κ1) is 11.0. The number of hydrogen-bond donors (Lipinski definition) is 1. The molecule has 0 amide bonds. The summed E-state index contributed by atoms with van der Waals surface area (Å²) in [6.45, 7) is 7.37. The van der Waals surface area contributed by atoms with Crippen molar-refractivity contribution in [2.75, 3.05) is 33.7 Å². The van der Waals surface area contributed by atoms with Crippen LogP contribution in [0.15, 0.2) is 0 Å². The zero-order chi connectivity index (χ0) is 10.0. The molecule has 0 bridgehead atoms. The van der Waals surface area contributed by atoms with Crippen LogP contribution in [0.4, 0.5) is 0 Å². The molecule has 0 aromatic heterocycles. The number of nitrogens with zero attached hydrogens (tertiary/aromatic N) is 2. The Morgan fingerprint density at radius 3 is 2.38 bits per heavy atom. The van der Waals surface area contributed by atoms with E-state index in [1.807, 2.05) is 14.1 Å². The summed E-state index contributed by atoms with van der Waals surface area (Å²) in [4.78, 5) is 4.46. The summed E-state index contributed by atoms with van der Waals surface area (Å²) >= 11 is 0. The molecule has 0 aromatic rings. The lowest BCUT2D eigenvalue weighted by Gasteiger charge is -2.22. The molecule has 1 aliphatic rings. The molecular formula is C10H22N2O. The van der Waals surface area contributed by atoms with E-state index in [9.17, 15) is 5.11 Å². The molecule has 1 saturated heterocycles. The minimum Gasteiger partial charge on any atom is -0.390 e. The van der Waals surface area contributed by atoms with Gasteiger partial charge in [0.25, 0.3) is 0 Å². The van der Waals surface area contributed by atoms with E-state index in [2.05, 4.69) is 23.6 Å². The van der Waals surface area contributed by atoms with Crippen molar-refractivity contribution in [3.05, 3.63) is 0 Å². The molecule has 0 unspecified atom stereocenters. The van der Waals surface area contributed by atoms with Gasteiger partial charge in [0.15, 0.2) is 0 Å². The van der Waals surface area contributed by atoms with Crippen LogP contribution >= 0.6 is 0 Å². The van der Waals surface area contributed by atoms with Crippen molar-refractivity contribution >= 4 is 0 Å². The Bertz CT molecular complexity index is 159. The normalized spacial score (nSPS) is 30.7. The zero-order valence-corrected chi connectivity index (χ0v) is 9.20. The molecule has 0 radical (unpaired) electrons. The van der Waals surface area contributed by atoms with E-state index in [1.165, 1.54) is 0 Å². The summed E-state index contributed by atoms with van der Waals surface area (Å²) in [5, 5.41) is 9.76. The first-order valence-electron chi connectivity index (χ1n) is 5.07. The Balaban J connectivity index is 2.40. The maximum Gasteiger partial charge on any atom is 0.0834 e. The third-order valence-electron chi connectivity index (χ3n) is 2.62. The summed E-state index contributed by atoms with van der Waals surface area (Å²) in [6.07, 6.45) is -0.172. The molecule has 78 valence electrons. The van der Waals surface area contributed by atoms with Crippen molar-refractivity contribution in [1.29, 1.82) is 0 Å². The maximum absolute atomic E-state index is 9.76. The molecule has 1 fully saturated rings. The Hall–Kier alpha value is -0.120. The van der Waals surface area contributed by atoms with Crippen LogP contribution < -0.4 is 0 Å². The molecule has 0 saturated carbocycles. The predicted molar refractivity (Wildman–Crippen MR) is 54.8 cm³/mol. The third-order valence-corrected chi connectivity index (χ3v) is 2.62. The molecule has 3 heteroatoms. The van der Waals surface area contributed by atoms with Gasteiger partial charge >= 0.3 is 0 Å². The zero-order valence-electron chi connectivity index (χ0n) is 9.20. The second kappa shape index (κ2) is 4.40. The monoisotopic (exact) mass is 186 g/mol. The smallest absolute Gasteiger partial charge is 0.0834 e. The molecule has 0 spiro atoms. The second-order valence-electron chi connectivity index (χ2n) is 4.71. The largest absolute Gasteiger partial charge is 0.390 e. The SMILES string of the molecule is CC(C)CN1C[C@H](O)[C@@H](N(C)C)C1. The number of aliphatic hydroxyl groups excluding tert-OH is 1. The third kappa shape index (κ3) is 2.93. The quantitative estimate of drug-likeness (QED) is 0.684. The van der Waals surface area contributed by atoms with Crippen LogP contribution in [0, 0.1) is 5.92 Å². The van der Waals surface area contributed by atoms with Gasteiger partial charge in [-0.3, -0.25) is 4.90 Å². The van der Waals surface area contributed by atoms with Gasteiger partial charge in [-0.1, -0.05) is 13.8 Å². The van der Waals surface area contributed by atoms with Crippen LogP contribution in [0.1, 0.15) is 13.8 Å². The van der Waals surface area contributed by atoms with Crippen LogP contribution in [0.25, 0.3) is 0 Å². The van der Waals surface area contributed by atoms with Crippen molar-refractivity contribution in [1.82, 2.24) is 9.80 Å². The predicted octanol–water partition coefficient (Wildman–Crippen LogP) is 0.249. The van der Waals surface area contributed by atoms with E-state index in [-0.39, 0.29) is 6.10 Å². The average Bonchev–Trinajstić information content (AvgIpc) is 2.29. The highest BCUT2D eigenvalue weighted by molar-refractivity contribution is 4.88. The fourth-order valence-electron chi connectivity index (χ4n) is 2.02. The topological polar surface area (TPSA) is 26.7 Å².